The van der Waals surface area contributed by atoms with Crippen molar-refractivity contribution in [1.29, 1.82) is 0 Å². The number of ether oxygens (including phenoxy) is 1. The number of benzene rings is 2. The van der Waals surface area contributed by atoms with Gasteiger partial charge in [-0.25, -0.2) is 0 Å². The van der Waals surface area contributed by atoms with Gasteiger partial charge in [0.2, 0.25) is 0 Å². The molecule has 2 atom stereocenters. The molecule has 1 saturated heterocycles. The number of hydrogen-bond acceptors (Lipinski definition) is 5. The summed E-state index contributed by atoms with van der Waals surface area (Å²) in [5.74, 6) is -0.0913. The maximum absolute atomic E-state index is 13.1. The van der Waals surface area contributed by atoms with E-state index in [1.54, 1.807) is 23.1 Å². The summed E-state index contributed by atoms with van der Waals surface area (Å²) in [6, 6.07) is 13.7. The Morgan fingerprint density at radius 1 is 1.23 bits per heavy atom. The van der Waals surface area contributed by atoms with Crippen molar-refractivity contribution >= 4 is 17.3 Å². The molecule has 1 N–H and O–H groups in total. The smallest absolute Gasteiger partial charge is 0.269 e. The van der Waals surface area contributed by atoms with Crippen LogP contribution in [0.1, 0.15) is 34.9 Å². The molecule has 0 spiro atoms. The third-order valence-corrected chi connectivity index (χ3v) is 4.84. The highest BCUT2D eigenvalue weighted by atomic mass is 16.6. The number of carbonyl (C=O) groups is 1. The van der Waals surface area contributed by atoms with E-state index >= 15 is 0 Å². The fraction of sp³-hybridized carbons (Fsp3) is 0.316. The van der Waals surface area contributed by atoms with E-state index < -0.39 is 11.1 Å². The molecule has 134 valence electrons. The molecular formula is C19H19N3O4. The number of hydrogen-bond donors (Lipinski definition) is 1. The zero-order valence-corrected chi connectivity index (χ0v) is 14.1. The second kappa shape index (κ2) is 6.76. The van der Waals surface area contributed by atoms with E-state index in [1.807, 2.05) is 18.2 Å². The first kappa shape index (κ1) is 16.5. The van der Waals surface area contributed by atoms with Crippen molar-refractivity contribution in [2.45, 2.75) is 25.1 Å². The minimum absolute atomic E-state index is 0.00711. The van der Waals surface area contributed by atoms with Gasteiger partial charge in [-0.1, -0.05) is 24.3 Å². The number of rotatable bonds is 4. The zero-order valence-electron chi connectivity index (χ0n) is 14.1. The van der Waals surface area contributed by atoms with Gasteiger partial charge in [-0.15, -0.1) is 0 Å². The second-order valence-electron chi connectivity index (χ2n) is 6.54. The Labute approximate surface area is 150 Å². The van der Waals surface area contributed by atoms with Crippen LogP contribution in [0.15, 0.2) is 48.5 Å². The van der Waals surface area contributed by atoms with E-state index in [-0.39, 0.29) is 17.7 Å². The van der Waals surface area contributed by atoms with Crippen LogP contribution in [0.5, 0.6) is 0 Å². The average molecular weight is 353 g/mol. The topological polar surface area (TPSA) is 84.7 Å². The van der Waals surface area contributed by atoms with Gasteiger partial charge in [0.05, 0.1) is 16.6 Å². The molecule has 0 aliphatic carbocycles. The summed E-state index contributed by atoms with van der Waals surface area (Å²) in [5, 5.41) is 14.5. The number of amides is 1. The molecule has 2 heterocycles. The van der Waals surface area contributed by atoms with Crippen LogP contribution >= 0.6 is 0 Å². The first-order chi connectivity index (χ1) is 12.6. The number of non-ortho nitro benzene ring substituents is 1. The van der Waals surface area contributed by atoms with Crippen LogP contribution in [0.3, 0.4) is 0 Å². The molecule has 2 aliphatic rings. The first-order valence-corrected chi connectivity index (χ1v) is 8.66. The second-order valence-corrected chi connectivity index (χ2v) is 6.54. The molecule has 0 bridgehead atoms. The molecule has 7 heteroatoms. The van der Waals surface area contributed by atoms with Gasteiger partial charge in [-0.2, -0.15) is 0 Å². The molecule has 0 unspecified atom stereocenters. The van der Waals surface area contributed by atoms with Crippen LogP contribution in [0.25, 0.3) is 0 Å². The molecule has 2 aromatic carbocycles. The maximum atomic E-state index is 13.1. The van der Waals surface area contributed by atoms with E-state index in [2.05, 4.69) is 5.32 Å². The van der Waals surface area contributed by atoms with Crippen molar-refractivity contribution in [2.75, 3.05) is 18.5 Å². The molecule has 2 aromatic rings. The zero-order chi connectivity index (χ0) is 18.1. The normalized spacial score (nSPS) is 22.0. The Bertz CT molecular complexity index is 848. The Morgan fingerprint density at radius 3 is 2.85 bits per heavy atom. The van der Waals surface area contributed by atoms with Gasteiger partial charge in [-0.05, 0) is 25.0 Å². The lowest BCUT2D eigenvalue weighted by Crippen LogP contribution is -2.46. The summed E-state index contributed by atoms with van der Waals surface area (Å²) in [5.41, 5.74) is 2.03. The van der Waals surface area contributed by atoms with Gasteiger partial charge >= 0.3 is 0 Å². The number of fused-ring (bicyclic) bond motifs is 1. The van der Waals surface area contributed by atoms with E-state index in [1.165, 1.54) is 12.1 Å². The first-order valence-electron chi connectivity index (χ1n) is 8.66. The Balaban J connectivity index is 1.73. The molecule has 0 aromatic heterocycles. The van der Waals surface area contributed by atoms with Crippen molar-refractivity contribution in [1.82, 2.24) is 4.90 Å². The SMILES string of the molecule is O=C1c2ccccc2N[C@@H](c2cccc([N+](=O)[O-])c2)N1C[C@H]1CCCO1. The van der Waals surface area contributed by atoms with E-state index in [9.17, 15) is 14.9 Å². The highest BCUT2D eigenvalue weighted by Crippen LogP contribution is 2.34. The maximum Gasteiger partial charge on any atom is 0.269 e. The minimum atomic E-state index is -0.471. The van der Waals surface area contributed by atoms with E-state index in [0.29, 0.717) is 24.3 Å². The predicted molar refractivity (Wildman–Crippen MR) is 95.9 cm³/mol. The van der Waals surface area contributed by atoms with Crippen molar-refractivity contribution in [2.24, 2.45) is 0 Å². The number of anilines is 1. The molecule has 7 nitrogen and oxygen atoms in total. The van der Waals surface area contributed by atoms with Crippen LogP contribution in [0.4, 0.5) is 11.4 Å². The highest BCUT2D eigenvalue weighted by molar-refractivity contribution is 6.01. The lowest BCUT2D eigenvalue weighted by atomic mass is 10.0. The Hall–Kier alpha value is -2.93. The van der Waals surface area contributed by atoms with Gasteiger partial charge in [0.15, 0.2) is 0 Å². The number of carbonyl (C=O) groups excluding carboxylic acids is 1. The van der Waals surface area contributed by atoms with Crippen LogP contribution in [0.2, 0.25) is 0 Å². The molecule has 1 amide bonds. The Morgan fingerprint density at radius 2 is 2.08 bits per heavy atom. The monoisotopic (exact) mass is 353 g/mol. The predicted octanol–water partition coefficient (Wildman–Crippen LogP) is 3.34. The number of nitro benzene ring substituents is 1. The molecule has 26 heavy (non-hydrogen) atoms. The number of nitro groups is 1. The summed E-state index contributed by atoms with van der Waals surface area (Å²) in [6.45, 7) is 1.16. The average Bonchev–Trinajstić information content (AvgIpc) is 3.17. The standard InChI is InChI=1S/C19H19N3O4/c23-19-16-8-1-2-9-17(16)20-18(21(19)12-15-7-4-10-26-15)13-5-3-6-14(11-13)22(24)25/h1-3,5-6,8-9,11,15,18,20H,4,7,10,12H2/t15-,18-/m1/s1. The van der Waals surface area contributed by atoms with Crippen LogP contribution in [0, 0.1) is 10.1 Å². The number of para-hydroxylation sites is 1. The third-order valence-electron chi connectivity index (χ3n) is 4.84. The fourth-order valence-corrected chi connectivity index (χ4v) is 3.56. The molecule has 2 aliphatic heterocycles. The number of nitrogens with zero attached hydrogens (tertiary/aromatic N) is 2. The molecule has 4 rings (SSSR count). The lowest BCUT2D eigenvalue weighted by molar-refractivity contribution is -0.384. The molecule has 0 saturated carbocycles. The molecule has 0 radical (unpaired) electrons. The summed E-state index contributed by atoms with van der Waals surface area (Å²) < 4.78 is 5.71. The van der Waals surface area contributed by atoms with Crippen LogP contribution < -0.4 is 5.32 Å². The summed E-state index contributed by atoms with van der Waals surface area (Å²) in [7, 11) is 0. The van der Waals surface area contributed by atoms with Crippen LogP contribution in [-0.2, 0) is 4.74 Å². The Kier molecular flexibility index (Phi) is 4.30. The van der Waals surface area contributed by atoms with Crippen molar-refractivity contribution in [3.05, 3.63) is 69.8 Å². The highest BCUT2D eigenvalue weighted by Gasteiger charge is 2.35. The van der Waals surface area contributed by atoms with Crippen molar-refractivity contribution < 1.29 is 14.5 Å². The van der Waals surface area contributed by atoms with Crippen molar-refractivity contribution in [3.8, 4) is 0 Å². The van der Waals surface area contributed by atoms with Crippen LogP contribution in [-0.4, -0.2) is 35.0 Å². The van der Waals surface area contributed by atoms with Gasteiger partial charge in [-0.3, -0.25) is 14.9 Å². The summed E-state index contributed by atoms with van der Waals surface area (Å²) >= 11 is 0. The van der Waals surface area contributed by atoms with Crippen molar-refractivity contribution in [3.63, 3.8) is 0 Å². The van der Waals surface area contributed by atoms with E-state index in [0.717, 1.165) is 18.5 Å². The lowest BCUT2D eigenvalue weighted by Gasteiger charge is -2.39. The van der Waals surface area contributed by atoms with Gasteiger partial charge in [0.1, 0.15) is 6.17 Å². The fourth-order valence-electron chi connectivity index (χ4n) is 3.56. The van der Waals surface area contributed by atoms with Gasteiger partial charge in [0, 0.05) is 36.5 Å². The summed E-state index contributed by atoms with van der Waals surface area (Å²) in [4.78, 5) is 25.5. The van der Waals surface area contributed by atoms with Gasteiger partial charge < -0.3 is 15.0 Å². The quantitative estimate of drug-likeness (QED) is 0.673. The van der Waals surface area contributed by atoms with E-state index in [4.69, 9.17) is 4.74 Å². The van der Waals surface area contributed by atoms with Gasteiger partial charge in [0.25, 0.3) is 11.6 Å². The summed E-state index contributed by atoms with van der Waals surface area (Å²) in [6.07, 6.45) is 1.42. The molecular weight excluding hydrogens is 334 g/mol. The molecule has 1 fully saturated rings. The minimum Gasteiger partial charge on any atom is -0.376 e. The largest absolute Gasteiger partial charge is 0.376 e. The third kappa shape index (κ3) is 3.01. The number of nitrogens with one attached hydrogen (secondary N) is 1.